The SMILES string of the molecule is O=C(O)CN(CC(=O)O)CC(=O)O.O=C(O)C[N-]CC(=O)O.O=COC[N-]COC=O.[Y]. The smallest absolute Gasteiger partial charge is 0.317 e. The fourth-order valence-corrected chi connectivity index (χ4v) is 1.19. The molecular formula is C14H21N3O14Y-2. The Morgan fingerprint density at radius 2 is 0.938 bits per heavy atom. The first-order chi connectivity index (χ1) is 14.5. The fraction of sp³-hybridized carbons (Fsp3) is 0.500. The van der Waals surface area contributed by atoms with Crippen molar-refractivity contribution in [3.8, 4) is 0 Å². The minimum absolute atomic E-state index is 0. The molecule has 0 spiro atoms. The van der Waals surface area contributed by atoms with Crippen LogP contribution in [0.5, 0.6) is 0 Å². The second-order valence-electron chi connectivity index (χ2n) is 4.66. The zero-order valence-corrected chi connectivity index (χ0v) is 19.3. The van der Waals surface area contributed by atoms with E-state index in [2.05, 4.69) is 20.1 Å². The number of hydrogen-bond acceptors (Lipinski definition) is 10. The summed E-state index contributed by atoms with van der Waals surface area (Å²) in [6.07, 6.45) is 0. The molecule has 0 bridgehead atoms. The number of carboxylic acid groups (broad SMARTS) is 5. The van der Waals surface area contributed by atoms with Gasteiger partial charge in [0.1, 0.15) is 0 Å². The summed E-state index contributed by atoms with van der Waals surface area (Å²) in [5.41, 5.74) is 0. The predicted molar refractivity (Wildman–Crippen MR) is 95.1 cm³/mol. The molecule has 181 valence electrons. The largest absolute Gasteiger partial charge is 0.644 e. The first-order valence-electron chi connectivity index (χ1n) is 7.64. The van der Waals surface area contributed by atoms with Crippen LogP contribution >= 0.6 is 0 Å². The van der Waals surface area contributed by atoms with Gasteiger partial charge in [0.2, 0.25) is 0 Å². The third-order valence-corrected chi connectivity index (χ3v) is 2.04. The second-order valence-corrected chi connectivity index (χ2v) is 4.66. The molecular weight excluding hydrogens is 523 g/mol. The molecule has 0 aromatic heterocycles. The first-order valence-corrected chi connectivity index (χ1v) is 7.64. The summed E-state index contributed by atoms with van der Waals surface area (Å²) >= 11 is 0. The standard InChI is InChI=1S/C6H9NO6.2C4H6NO4.Y/c8-4(9)1-7(2-5(10)11)3-6(12)13;6-3-8-1-5-2-9-4-7;6-3(7)1-5-2-4(8)9;/h1-3H2,(H,8,9)(H,10,11)(H,12,13);3-4H,1-2H2;1-2H2,(H,6,7)(H,8,9);/q;2*-1;. The Labute approximate surface area is 205 Å². The van der Waals surface area contributed by atoms with Crippen LogP contribution in [0, 0.1) is 0 Å². The Kier molecular flexibility index (Phi) is 30.1. The van der Waals surface area contributed by atoms with Crippen LogP contribution < -0.4 is 0 Å². The van der Waals surface area contributed by atoms with E-state index in [1.165, 1.54) is 0 Å². The zero-order valence-electron chi connectivity index (χ0n) is 16.4. The maximum absolute atomic E-state index is 10.1. The molecule has 0 amide bonds. The van der Waals surface area contributed by atoms with Gasteiger partial charge in [-0.3, -0.25) is 38.5 Å². The summed E-state index contributed by atoms with van der Waals surface area (Å²) < 4.78 is 8.27. The van der Waals surface area contributed by atoms with Gasteiger partial charge in [0.25, 0.3) is 24.9 Å². The minimum Gasteiger partial charge on any atom is -0.644 e. The topological polar surface area (TPSA) is 271 Å². The van der Waals surface area contributed by atoms with Crippen LogP contribution in [-0.2, 0) is 75.7 Å². The van der Waals surface area contributed by atoms with Crippen molar-refractivity contribution in [2.24, 2.45) is 0 Å². The molecule has 0 heterocycles. The summed E-state index contributed by atoms with van der Waals surface area (Å²) in [4.78, 5) is 69.5. The predicted octanol–water partition coefficient (Wildman–Crippen LogP) is -2.31. The van der Waals surface area contributed by atoms with E-state index >= 15 is 0 Å². The van der Waals surface area contributed by atoms with Gasteiger partial charge in [0, 0.05) is 46.2 Å². The van der Waals surface area contributed by atoms with Crippen molar-refractivity contribution in [3.05, 3.63) is 10.6 Å². The van der Waals surface area contributed by atoms with Gasteiger partial charge >= 0.3 is 17.9 Å². The maximum atomic E-state index is 10.1. The molecule has 0 atom stereocenters. The summed E-state index contributed by atoms with van der Waals surface area (Å²) in [7, 11) is 0. The van der Waals surface area contributed by atoms with Crippen LogP contribution in [0.3, 0.4) is 0 Å². The van der Waals surface area contributed by atoms with Crippen LogP contribution in [0.2, 0.25) is 0 Å². The van der Waals surface area contributed by atoms with Crippen molar-refractivity contribution in [3.63, 3.8) is 0 Å². The zero-order chi connectivity index (χ0) is 24.7. The Morgan fingerprint density at radius 3 is 1.16 bits per heavy atom. The Bertz CT molecular complexity index is 527. The molecule has 0 aliphatic heterocycles. The maximum Gasteiger partial charge on any atom is 0.317 e. The Balaban J connectivity index is -0.000000186. The van der Waals surface area contributed by atoms with Crippen LogP contribution in [0.4, 0.5) is 0 Å². The molecule has 18 heteroatoms. The van der Waals surface area contributed by atoms with E-state index in [-0.39, 0.29) is 59.1 Å². The molecule has 0 aliphatic rings. The first kappa shape index (κ1) is 36.6. The van der Waals surface area contributed by atoms with E-state index in [1.807, 2.05) is 0 Å². The summed E-state index contributed by atoms with van der Waals surface area (Å²) in [5, 5.41) is 47.3. The molecule has 0 aliphatic carbocycles. The van der Waals surface area contributed by atoms with E-state index in [0.717, 1.165) is 4.90 Å². The average molecular weight is 544 g/mol. The molecule has 0 aromatic carbocycles. The van der Waals surface area contributed by atoms with Crippen molar-refractivity contribution in [2.75, 3.05) is 46.2 Å². The number of rotatable bonds is 16. The summed E-state index contributed by atoms with van der Waals surface area (Å²) in [6.45, 7) is -2.28. The normalized spacial score (nSPS) is 8.78. The van der Waals surface area contributed by atoms with Gasteiger partial charge in [-0.2, -0.15) is 0 Å². The van der Waals surface area contributed by atoms with E-state index in [9.17, 15) is 33.6 Å². The molecule has 0 saturated heterocycles. The molecule has 0 fully saturated rings. The number of nitrogens with zero attached hydrogens (tertiary/aromatic N) is 3. The van der Waals surface area contributed by atoms with Crippen molar-refractivity contribution in [2.45, 2.75) is 0 Å². The number of carbonyl (C=O) groups excluding carboxylic acids is 2. The number of carbonyl (C=O) groups is 7. The molecule has 5 N–H and O–H groups in total. The van der Waals surface area contributed by atoms with Crippen molar-refractivity contribution >= 4 is 42.8 Å². The Hall–Kier alpha value is -2.73. The fourth-order valence-electron chi connectivity index (χ4n) is 1.19. The number of ether oxygens (including phenoxy) is 2. The molecule has 17 nitrogen and oxygen atoms in total. The van der Waals surface area contributed by atoms with Gasteiger partial charge in [-0.1, -0.05) is 0 Å². The minimum atomic E-state index is -1.26. The van der Waals surface area contributed by atoms with Gasteiger partial charge < -0.3 is 45.6 Å². The van der Waals surface area contributed by atoms with Crippen molar-refractivity contribution in [1.29, 1.82) is 0 Å². The third-order valence-electron chi connectivity index (χ3n) is 2.04. The number of aliphatic carboxylic acids is 5. The number of carboxylic acids is 5. The van der Waals surface area contributed by atoms with E-state index in [0.29, 0.717) is 0 Å². The molecule has 0 unspecified atom stereocenters. The van der Waals surface area contributed by atoms with Gasteiger partial charge in [0.05, 0.1) is 19.6 Å². The van der Waals surface area contributed by atoms with Crippen LogP contribution in [0.15, 0.2) is 0 Å². The molecule has 32 heavy (non-hydrogen) atoms. The van der Waals surface area contributed by atoms with Crippen molar-refractivity contribution in [1.82, 2.24) is 4.90 Å². The van der Waals surface area contributed by atoms with Crippen LogP contribution in [-0.4, -0.2) is 119 Å². The van der Waals surface area contributed by atoms with E-state index in [1.54, 1.807) is 0 Å². The quantitative estimate of drug-likeness (QED) is 0.101. The molecule has 0 saturated carbocycles. The van der Waals surface area contributed by atoms with Crippen molar-refractivity contribution < 1.29 is 101 Å². The third kappa shape index (κ3) is 41.6. The average Bonchev–Trinajstić information content (AvgIpc) is 2.60. The molecule has 0 rings (SSSR count). The van der Waals surface area contributed by atoms with E-state index < -0.39 is 62.6 Å². The van der Waals surface area contributed by atoms with Gasteiger partial charge in [-0.05, 0) is 13.1 Å². The monoisotopic (exact) mass is 544 g/mol. The van der Waals surface area contributed by atoms with Gasteiger partial charge in [0.15, 0.2) is 0 Å². The molecule has 0 aromatic rings. The Morgan fingerprint density at radius 1 is 0.625 bits per heavy atom. The van der Waals surface area contributed by atoms with Crippen LogP contribution in [0.1, 0.15) is 0 Å². The van der Waals surface area contributed by atoms with Gasteiger partial charge in [-0.15, -0.1) is 0 Å². The van der Waals surface area contributed by atoms with Gasteiger partial charge in [-0.25, -0.2) is 0 Å². The second kappa shape index (κ2) is 26.3. The van der Waals surface area contributed by atoms with Crippen LogP contribution in [0.25, 0.3) is 10.6 Å². The summed E-state index contributed by atoms with van der Waals surface area (Å²) in [6, 6.07) is 0. The molecule has 1 radical (unpaired) electrons. The van der Waals surface area contributed by atoms with E-state index in [4.69, 9.17) is 25.5 Å². The summed E-state index contributed by atoms with van der Waals surface area (Å²) in [5.74, 6) is -6.01. The number of hydrogen-bond donors (Lipinski definition) is 5.